The molecule has 5 rings (SSSR count). The summed E-state index contributed by atoms with van der Waals surface area (Å²) in [6, 6.07) is 10.2. The van der Waals surface area contributed by atoms with Gasteiger partial charge in [-0.1, -0.05) is 0 Å². The van der Waals surface area contributed by atoms with E-state index in [1.165, 1.54) is 24.0 Å². The van der Waals surface area contributed by atoms with Crippen LogP contribution in [0.5, 0.6) is 0 Å². The molecule has 128 valence electrons. The van der Waals surface area contributed by atoms with Gasteiger partial charge in [-0.05, 0) is 55.3 Å². The Morgan fingerprint density at radius 2 is 2.16 bits per heavy atom. The van der Waals surface area contributed by atoms with Gasteiger partial charge in [-0.15, -0.1) is 11.8 Å². The van der Waals surface area contributed by atoms with Gasteiger partial charge in [0.05, 0.1) is 0 Å². The summed E-state index contributed by atoms with van der Waals surface area (Å²) in [5.41, 5.74) is 4.50. The Labute approximate surface area is 150 Å². The van der Waals surface area contributed by atoms with Crippen LogP contribution in [0.2, 0.25) is 0 Å². The van der Waals surface area contributed by atoms with Crippen molar-refractivity contribution < 1.29 is 4.39 Å². The van der Waals surface area contributed by atoms with Gasteiger partial charge in [-0.2, -0.15) is 0 Å². The number of halogens is 1. The van der Waals surface area contributed by atoms with Crippen molar-refractivity contribution in [2.24, 2.45) is 0 Å². The molecule has 0 saturated carbocycles. The molecule has 1 saturated heterocycles. The van der Waals surface area contributed by atoms with Crippen LogP contribution in [0, 0.1) is 5.82 Å². The average molecular weight is 353 g/mol. The van der Waals surface area contributed by atoms with E-state index < -0.39 is 0 Å². The standard InChI is InChI=1S/C20H20FN3S/c21-15-5-6-17-19-14(10-24-17)13(16-4-2-8-23-16)9-18(20(15)19)25-11-12-3-1-7-22-12/h2,4-6,8-9,12,22-24H,1,3,7,10-11H2/t12-/m0/s1. The van der Waals surface area contributed by atoms with Crippen LogP contribution >= 0.6 is 11.8 Å². The fourth-order valence-corrected chi connectivity index (χ4v) is 5.22. The Hall–Kier alpha value is -1.98. The largest absolute Gasteiger partial charge is 0.380 e. The van der Waals surface area contributed by atoms with Gasteiger partial charge in [-0.25, -0.2) is 4.39 Å². The fourth-order valence-electron chi connectivity index (χ4n) is 4.01. The van der Waals surface area contributed by atoms with Crippen LogP contribution in [-0.2, 0) is 6.54 Å². The molecule has 3 heterocycles. The van der Waals surface area contributed by atoms with Gasteiger partial charge in [0.1, 0.15) is 5.82 Å². The summed E-state index contributed by atoms with van der Waals surface area (Å²) in [5, 5.41) is 8.78. The molecule has 2 aliphatic heterocycles. The van der Waals surface area contributed by atoms with Gasteiger partial charge in [0.15, 0.2) is 0 Å². The monoisotopic (exact) mass is 353 g/mol. The number of nitrogens with one attached hydrogen (secondary N) is 3. The highest BCUT2D eigenvalue weighted by atomic mass is 32.2. The maximum Gasteiger partial charge on any atom is 0.132 e. The highest BCUT2D eigenvalue weighted by molar-refractivity contribution is 7.99. The van der Waals surface area contributed by atoms with Crippen molar-refractivity contribution in [2.75, 3.05) is 17.6 Å². The molecule has 25 heavy (non-hydrogen) atoms. The van der Waals surface area contributed by atoms with Crippen molar-refractivity contribution in [3.63, 3.8) is 0 Å². The van der Waals surface area contributed by atoms with Crippen LogP contribution in [0.1, 0.15) is 18.4 Å². The normalized spacial score (nSPS) is 18.8. The molecule has 5 heteroatoms. The SMILES string of the molecule is Fc1ccc2c3c(c(-c4ccc[nH]4)cc(SC[C@@H]4CCCN4)c13)CN2. The van der Waals surface area contributed by atoms with Crippen LogP contribution in [-0.4, -0.2) is 23.3 Å². The molecular weight excluding hydrogens is 333 g/mol. The zero-order chi connectivity index (χ0) is 16.8. The van der Waals surface area contributed by atoms with E-state index in [9.17, 15) is 4.39 Å². The first-order chi connectivity index (χ1) is 12.3. The van der Waals surface area contributed by atoms with E-state index in [4.69, 9.17) is 0 Å². The lowest BCUT2D eigenvalue weighted by Gasteiger charge is -2.15. The number of anilines is 1. The molecule has 0 amide bonds. The third-order valence-corrected chi connectivity index (χ3v) is 6.45. The van der Waals surface area contributed by atoms with Crippen molar-refractivity contribution in [3.8, 4) is 11.3 Å². The van der Waals surface area contributed by atoms with Gasteiger partial charge in [-0.3, -0.25) is 0 Å². The second-order valence-corrected chi connectivity index (χ2v) is 7.85. The second kappa shape index (κ2) is 6.07. The summed E-state index contributed by atoms with van der Waals surface area (Å²) in [6.45, 7) is 1.85. The first kappa shape index (κ1) is 15.3. The summed E-state index contributed by atoms with van der Waals surface area (Å²) in [5.74, 6) is 0.860. The van der Waals surface area contributed by atoms with Crippen LogP contribution < -0.4 is 10.6 Å². The first-order valence-electron chi connectivity index (χ1n) is 8.83. The summed E-state index contributed by atoms with van der Waals surface area (Å²) in [4.78, 5) is 4.35. The number of hydrogen-bond donors (Lipinski definition) is 3. The van der Waals surface area contributed by atoms with Crippen LogP contribution in [0.25, 0.3) is 22.0 Å². The van der Waals surface area contributed by atoms with E-state index in [0.717, 1.165) is 45.9 Å². The molecule has 1 fully saturated rings. The minimum atomic E-state index is -0.122. The molecule has 0 spiro atoms. The first-order valence-corrected chi connectivity index (χ1v) is 9.82. The predicted molar refractivity (Wildman–Crippen MR) is 103 cm³/mol. The fraction of sp³-hybridized carbons (Fsp3) is 0.300. The molecule has 0 unspecified atom stereocenters. The van der Waals surface area contributed by atoms with E-state index in [1.807, 2.05) is 18.3 Å². The highest BCUT2D eigenvalue weighted by Gasteiger charge is 2.24. The quantitative estimate of drug-likeness (QED) is 0.593. The molecule has 1 atom stereocenters. The number of hydrogen-bond acceptors (Lipinski definition) is 3. The molecule has 0 bridgehead atoms. The molecule has 3 nitrogen and oxygen atoms in total. The lowest BCUT2D eigenvalue weighted by Crippen LogP contribution is -2.23. The van der Waals surface area contributed by atoms with Crippen LogP contribution in [0.4, 0.5) is 10.1 Å². The van der Waals surface area contributed by atoms with Crippen LogP contribution in [0.3, 0.4) is 0 Å². The maximum absolute atomic E-state index is 14.7. The molecule has 3 N–H and O–H groups in total. The molecule has 0 aliphatic carbocycles. The minimum absolute atomic E-state index is 0.122. The number of thioether (sulfide) groups is 1. The summed E-state index contributed by atoms with van der Waals surface area (Å²) in [7, 11) is 0. The second-order valence-electron chi connectivity index (χ2n) is 6.79. The Kier molecular flexibility index (Phi) is 3.71. The Morgan fingerprint density at radius 3 is 2.96 bits per heavy atom. The zero-order valence-corrected chi connectivity index (χ0v) is 14.7. The van der Waals surface area contributed by atoms with Crippen molar-refractivity contribution in [1.82, 2.24) is 10.3 Å². The molecule has 3 aromatic rings. The average Bonchev–Trinajstić information content (AvgIpc) is 3.38. The third-order valence-electron chi connectivity index (χ3n) is 5.25. The summed E-state index contributed by atoms with van der Waals surface area (Å²) < 4.78 is 14.7. The van der Waals surface area contributed by atoms with Gasteiger partial charge in [0.2, 0.25) is 0 Å². The number of aromatic amines is 1. The number of rotatable bonds is 4. The Bertz CT molecular complexity index is 930. The van der Waals surface area contributed by atoms with Crippen molar-refractivity contribution in [2.45, 2.75) is 30.3 Å². The van der Waals surface area contributed by atoms with Crippen molar-refractivity contribution in [3.05, 3.63) is 47.9 Å². The molecule has 2 aliphatic rings. The Balaban J connectivity index is 1.67. The van der Waals surface area contributed by atoms with Gasteiger partial charge >= 0.3 is 0 Å². The van der Waals surface area contributed by atoms with Crippen LogP contribution in [0.15, 0.2) is 41.4 Å². The topological polar surface area (TPSA) is 39.9 Å². The van der Waals surface area contributed by atoms with E-state index in [-0.39, 0.29) is 5.82 Å². The lowest BCUT2D eigenvalue weighted by molar-refractivity contribution is 0.638. The van der Waals surface area contributed by atoms with E-state index in [2.05, 4.69) is 27.8 Å². The van der Waals surface area contributed by atoms with Gasteiger partial charge in [0.25, 0.3) is 0 Å². The Morgan fingerprint density at radius 1 is 1.20 bits per heavy atom. The van der Waals surface area contributed by atoms with Gasteiger partial charge < -0.3 is 15.6 Å². The van der Waals surface area contributed by atoms with E-state index in [0.29, 0.717) is 6.04 Å². The molecule has 0 radical (unpaired) electrons. The smallest absolute Gasteiger partial charge is 0.132 e. The third kappa shape index (κ3) is 2.53. The number of aromatic nitrogens is 1. The molecule has 1 aromatic heterocycles. The maximum atomic E-state index is 14.7. The molecular formula is C20H20FN3S. The summed E-state index contributed by atoms with van der Waals surface area (Å²) in [6.07, 6.45) is 4.39. The van der Waals surface area contributed by atoms with Crippen molar-refractivity contribution in [1.29, 1.82) is 0 Å². The van der Waals surface area contributed by atoms with Crippen molar-refractivity contribution >= 4 is 28.2 Å². The molecule has 2 aromatic carbocycles. The number of H-pyrrole nitrogens is 1. The lowest BCUT2D eigenvalue weighted by atomic mass is 9.98. The summed E-state index contributed by atoms with van der Waals surface area (Å²) >= 11 is 1.77. The zero-order valence-electron chi connectivity index (χ0n) is 13.9. The van der Waals surface area contributed by atoms with E-state index >= 15 is 0 Å². The number of benzene rings is 2. The minimum Gasteiger partial charge on any atom is -0.380 e. The highest BCUT2D eigenvalue weighted by Crippen LogP contribution is 2.44. The van der Waals surface area contributed by atoms with E-state index in [1.54, 1.807) is 17.8 Å². The predicted octanol–water partition coefficient (Wildman–Crippen LogP) is 4.74. The van der Waals surface area contributed by atoms with Gasteiger partial charge in [0, 0.05) is 57.1 Å².